The highest BCUT2D eigenvalue weighted by molar-refractivity contribution is 5.86. The van der Waals surface area contributed by atoms with E-state index >= 15 is 0 Å². The number of hydrogen-bond donors (Lipinski definition) is 1. The lowest BCUT2D eigenvalue weighted by molar-refractivity contribution is 0.721. The van der Waals surface area contributed by atoms with Gasteiger partial charge in [-0.3, -0.25) is 0 Å². The van der Waals surface area contributed by atoms with Gasteiger partial charge in [-0.05, 0) is 22.4 Å². The first-order valence-corrected chi connectivity index (χ1v) is 4.83. The highest BCUT2D eigenvalue weighted by Gasteiger charge is 2.00. The van der Waals surface area contributed by atoms with Gasteiger partial charge in [-0.2, -0.15) is 0 Å². The molecule has 0 saturated carbocycles. The van der Waals surface area contributed by atoms with E-state index < -0.39 is 0 Å². The molecule has 0 saturated heterocycles. The van der Waals surface area contributed by atoms with E-state index in [1.165, 1.54) is 0 Å². The molecule has 0 aliphatic carbocycles. The van der Waals surface area contributed by atoms with Crippen LogP contribution in [-0.2, 0) is 0 Å². The number of halogens is 1. The van der Waals surface area contributed by atoms with Gasteiger partial charge in [-0.15, -0.1) is 0 Å². The third-order valence-corrected chi connectivity index (χ3v) is 2.47. The Kier molecular flexibility index (Phi) is 2.79. The van der Waals surface area contributed by atoms with Gasteiger partial charge in [0.25, 0.3) is 0 Å². The van der Waals surface area contributed by atoms with Crippen molar-refractivity contribution in [2.24, 2.45) is 5.73 Å². The summed E-state index contributed by atoms with van der Waals surface area (Å²) >= 11 is 0. The van der Waals surface area contributed by atoms with Crippen LogP contribution in [0.15, 0.2) is 48.8 Å². The van der Waals surface area contributed by atoms with E-state index in [2.05, 4.69) is 0 Å². The predicted molar refractivity (Wildman–Crippen MR) is 62.1 cm³/mol. The van der Waals surface area contributed by atoms with Gasteiger partial charge in [-0.1, -0.05) is 36.4 Å². The number of hydrogen-bond acceptors (Lipinski definition) is 1. The second kappa shape index (κ2) is 4.24. The molecular weight excluding hydrogens is 189 g/mol. The average Bonchev–Trinajstić information content (AvgIpc) is 2.30. The van der Waals surface area contributed by atoms with Crippen LogP contribution in [0.4, 0.5) is 4.39 Å². The molecule has 0 spiro atoms. The maximum Gasteiger partial charge on any atom is 0.0917 e. The summed E-state index contributed by atoms with van der Waals surface area (Å²) < 4.78 is 12.5. The lowest BCUT2D eigenvalue weighted by Crippen LogP contribution is -2.01. The molecule has 0 aliphatic rings. The van der Waals surface area contributed by atoms with E-state index in [9.17, 15) is 4.39 Å². The average molecular weight is 201 g/mol. The van der Waals surface area contributed by atoms with E-state index in [1.54, 1.807) is 0 Å². The standard InChI is InChI=1S/C13H12FN/c14-8-13(9-15)12-6-5-10-3-1-2-4-11(10)7-12/h1-8H,9,15H2/b13-8+. The topological polar surface area (TPSA) is 26.0 Å². The summed E-state index contributed by atoms with van der Waals surface area (Å²) in [5.74, 6) is 0. The molecule has 0 atom stereocenters. The molecule has 0 heterocycles. The van der Waals surface area contributed by atoms with Crippen LogP contribution >= 0.6 is 0 Å². The zero-order valence-electron chi connectivity index (χ0n) is 8.28. The van der Waals surface area contributed by atoms with Crippen molar-refractivity contribution in [2.45, 2.75) is 0 Å². The summed E-state index contributed by atoms with van der Waals surface area (Å²) in [5.41, 5.74) is 6.83. The first-order chi connectivity index (χ1) is 7.35. The highest BCUT2D eigenvalue weighted by Crippen LogP contribution is 2.20. The first kappa shape index (κ1) is 9.87. The van der Waals surface area contributed by atoms with Crippen molar-refractivity contribution in [3.63, 3.8) is 0 Å². The number of rotatable bonds is 2. The Morgan fingerprint density at radius 2 is 1.87 bits per heavy atom. The fraction of sp³-hybridized carbons (Fsp3) is 0.0769. The van der Waals surface area contributed by atoms with Crippen molar-refractivity contribution >= 4 is 16.3 Å². The largest absolute Gasteiger partial charge is 0.326 e. The Labute approximate surface area is 88.0 Å². The minimum Gasteiger partial charge on any atom is -0.326 e. The lowest BCUT2D eigenvalue weighted by Gasteiger charge is -2.04. The van der Waals surface area contributed by atoms with Gasteiger partial charge < -0.3 is 5.73 Å². The van der Waals surface area contributed by atoms with E-state index in [0.717, 1.165) is 16.3 Å². The molecule has 0 aromatic heterocycles. The predicted octanol–water partition coefficient (Wildman–Crippen LogP) is 3.11. The van der Waals surface area contributed by atoms with E-state index in [1.807, 2.05) is 42.5 Å². The van der Waals surface area contributed by atoms with E-state index in [-0.39, 0.29) is 6.54 Å². The maximum atomic E-state index is 12.5. The molecule has 0 bridgehead atoms. The van der Waals surface area contributed by atoms with Crippen LogP contribution in [0.5, 0.6) is 0 Å². The van der Waals surface area contributed by atoms with Gasteiger partial charge in [-0.25, -0.2) is 4.39 Å². The Morgan fingerprint density at radius 3 is 2.53 bits per heavy atom. The molecule has 2 rings (SSSR count). The van der Waals surface area contributed by atoms with Crippen LogP contribution in [0.1, 0.15) is 5.56 Å². The number of nitrogens with two attached hydrogens (primary N) is 1. The molecule has 76 valence electrons. The number of fused-ring (bicyclic) bond motifs is 1. The molecule has 0 radical (unpaired) electrons. The summed E-state index contributed by atoms with van der Waals surface area (Å²) in [6.45, 7) is 0.217. The molecule has 2 N–H and O–H groups in total. The number of benzene rings is 2. The van der Waals surface area contributed by atoms with Gasteiger partial charge >= 0.3 is 0 Å². The SMILES string of the molecule is NC/C(=C\F)c1ccc2ccccc2c1. The quantitative estimate of drug-likeness (QED) is 0.793. The zero-order chi connectivity index (χ0) is 10.7. The molecule has 2 aromatic rings. The monoisotopic (exact) mass is 201 g/mol. The van der Waals surface area contributed by atoms with Crippen molar-refractivity contribution in [1.82, 2.24) is 0 Å². The fourth-order valence-electron chi connectivity index (χ4n) is 1.61. The van der Waals surface area contributed by atoms with Crippen LogP contribution < -0.4 is 5.73 Å². The molecule has 0 amide bonds. The van der Waals surface area contributed by atoms with E-state index in [4.69, 9.17) is 5.73 Å². The maximum absolute atomic E-state index is 12.5. The van der Waals surface area contributed by atoms with Gasteiger partial charge in [0.05, 0.1) is 6.33 Å². The molecule has 1 nitrogen and oxygen atoms in total. The Bertz CT molecular complexity index is 503. The molecule has 0 aliphatic heterocycles. The molecule has 2 aromatic carbocycles. The van der Waals surface area contributed by atoms with Crippen molar-refractivity contribution in [1.29, 1.82) is 0 Å². The van der Waals surface area contributed by atoms with Crippen LogP contribution in [0.25, 0.3) is 16.3 Å². The Balaban J connectivity index is 2.56. The minimum atomic E-state index is 0.217. The second-order valence-electron chi connectivity index (χ2n) is 3.40. The molecule has 15 heavy (non-hydrogen) atoms. The fourth-order valence-corrected chi connectivity index (χ4v) is 1.61. The van der Waals surface area contributed by atoms with Gasteiger partial charge in [0.15, 0.2) is 0 Å². The van der Waals surface area contributed by atoms with Crippen LogP contribution in [-0.4, -0.2) is 6.54 Å². The summed E-state index contributed by atoms with van der Waals surface area (Å²) in [5, 5.41) is 2.25. The van der Waals surface area contributed by atoms with Crippen molar-refractivity contribution in [3.8, 4) is 0 Å². The Morgan fingerprint density at radius 1 is 1.13 bits per heavy atom. The highest BCUT2D eigenvalue weighted by atomic mass is 19.1. The Hall–Kier alpha value is -1.67. The summed E-state index contributed by atoms with van der Waals surface area (Å²) in [6.07, 6.45) is 0.574. The minimum absolute atomic E-state index is 0.217. The van der Waals surface area contributed by atoms with Crippen LogP contribution in [0, 0.1) is 0 Å². The third kappa shape index (κ3) is 1.90. The molecule has 0 fully saturated rings. The summed E-state index contributed by atoms with van der Waals surface area (Å²) in [6, 6.07) is 13.8. The lowest BCUT2D eigenvalue weighted by atomic mass is 10.0. The molecule has 2 heteroatoms. The van der Waals surface area contributed by atoms with Crippen molar-refractivity contribution < 1.29 is 4.39 Å². The van der Waals surface area contributed by atoms with Crippen molar-refractivity contribution in [2.75, 3.05) is 6.54 Å². The second-order valence-corrected chi connectivity index (χ2v) is 3.40. The van der Waals surface area contributed by atoms with Crippen LogP contribution in [0.3, 0.4) is 0 Å². The van der Waals surface area contributed by atoms with Gasteiger partial charge in [0.1, 0.15) is 0 Å². The van der Waals surface area contributed by atoms with Crippen LogP contribution in [0.2, 0.25) is 0 Å². The van der Waals surface area contributed by atoms with E-state index in [0.29, 0.717) is 11.9 Å². The smallest absolute Gasteiger partial charge is 0.0917 e. The molecule has 0 unspecified atom stereocenters. The molecular formula is C13H12FN. The zero-order valence-corrected chi connectivity index (χ0v) is 8.28. The van der Waals surface area contributed by atoms with Gasteiger partial charge in [0.2, 0.25) is 0 Å². The van der Waals surface area contributed by atoms with Gasteiger partial charge in [0, 0.05) is 12.1 Å². The summed E-state index contributed by atoms with van der Waals surface area (Å²) in [7, 11) is 0. The third-order valence-electron chi connectivity index (χ3n) is 2.47. The first-order valence-electron chi connectivity index (χ1n) is 4.83. The van der Waals surface area contributed by atoms with Crippen molar-refractivity contribution in [3.05, 3.63) is 54.4 Å². The normalized spacial score (nSPS) is 12.0. The summed E-state index contributed by atoms with van der Waals surface area (Å²) in [4.78, 5) is 0.